The van der Waals surface area contributed by atoms with Crippen LogP contribution in [0, 0.1) is 0 Å². The molecule has 1 aliphatic rings. The number of halogens is 1. The van der Waals surface area contributed by atoms with E-state index in [0.29, 0.717) is 19.7 Å². The molecule has 1 amide bonds. The minimum absolute atomic E-state index is 0.231. The van der Waals surface area contributed by atoms with Crippen molar-refractivity contribution in [2.45, 2.75) is 19.9 Å². The zero-order valence-electron chi connectivity index (χ0n) is 12.5. The zero-order chi connectivity index (χ0) is 15.5. The highest BCUT2D eigenvalue weighted by Gasteiger charge is 2.25. The Bertz CT molecular complexity index is 685. The van der Waals surface area contributed by atoms with Crippen LogP contribution < -0.4 is 0 Å². The lowest BCUT2D eigenvalue weighted by Gasteiger charge is -2.30. The molecule has 0 radical (unpaired) electrons. The van der Waals surface area contributed by atoms with Crippen molar-refractivity contribution in [3.05, 3.63) is 58.1 Å². The first-order valence-corrected chi connectivity index (χ1v) is 8.27. The van der Waals surface area contributed by atoms with Gasteiger partial charge in [-0.2, -0.15) is 0 Å². The van der Waals surface area contributed by atoms with Crippen LogP contribution in [0.15, 0.2) is 46.9 Å². The molecule has 0 saturated heterocycles. The second kappa shape index (κ2) is 6.53. The van der Waals surface area contributed by atoms with Crippen LogP contribution in [0.5, 0.6) is 0 Å². The van der Waals surface area contributed by atoms with Crippen LogP contribution in [0.4, 0.5) is 4.79 Å². The summed E-state index contributed by atoms with van der Waals surface area (Å²) in [5.41, 5.74) is 4.97. The first-order chi connectivity index (χ1) is 10.7. The molecule has 1 heterocycles. The average Bonchev–Trinajstić information content (AvgIpc) is 2.56. The third-order valence-corrected chi connectivity index (χ3v) is 4.71. The van der Waals surface area contributed by atoms with Gasteiger partial charge in [0.25, 0.3) is 0 Å². The molecule has 2 aromatic carbocycles. The number of hydrogen-bond acceptors (Lipinski definition) is 2. The molecule has 2 aromatic rings. The number of carbonyl (C=O) groups excluding carboxylic acids is 1. The molecule has 0 aromatic heterocycles. The molecule has 0 fully saturated rings. The highest BCUT2D eigenvalue weighted by atomic mass is 79.9. The predicted molar refractivity (Wildman–Crippen MR) is 90.7 cm³/mol. The minimum atomic E-state index is -0.231. The van der Waals surface area contributed by atoms with Gasteiger partial charge in [0.05, 0.1) is 13.2 Å². The van der Waals surface area contributed by atoms with Gasteiger partial charge in [-0.1, -0.05) is 52.3 Å². The van der Waals surface area contributed by atoms with E-state index in [1.54, 1.807) is 4.90 Å². The fraction of sp³-hybridized carbons (Fsp3) is 0.278. The average molecular weight is 360 g/mol. The molecular weight excluding hydrogens is 342 g/mol. The van der Waals surface area contributed by atoms with Gasteiger partial charge in [-0.3, -0.25) is 0 Å². The number of hydrogen-bond donors (Lipinski definition) is 0. The quantitative estimate of drug-likeness (QED) is 0.782. The third kappa shape index (κ3) is 2.88. The Labute approximate surface area is 139 Å². The molecule has 0 bridgehead atoms. The van der Waals surface area contributed by atoms with E-state index >= 15 is 0 Å². The van der Waals surface area contributed by atoms with Gasteiger partial charge in [0, 0.05) is 11.0 Å². The lowest BCUT2D eigenvalue weighted by molar-refractivity contribution is 0.102. The van der Waals surface area contributed by atoms with E-state index in [1.165, 1.54) is 22.3 Å². The van der Waals surface area contributed by atoms with Crippen molar-refractivity contribution in [3.8, 4) is 11.1 Å². The fourth-order valence-electron chi connectivity index (χ4n) is 2.90. The van der Waals surface area contributed by atoms with E-state index < -0.39 is 0 Å². The van der Waals surface area contributed by atoms with Crippen LogP contribution in [-0.4, -0.2) is 24.1 Å². The highest BCUT2D eigenvalue weighted by Crippen LogP contribution is 2.34. The van der Waals surface area contributed by atoms with E-state index in [4.69, 9.17) is 4.74 Å². The second-order valence-electron chi connectivity index (χ2n) is 5.29. The normalized spacial score (nSPS) is 13.6. The van der Waals surface area contributed by atoms with Gasteiger partial charge in [-0.15, -0.1) is 0 Å². The van der Waals surface area contributed by atoms with Crippen LogP contribution in [0.2, 0.25) is 0 Å². The zero-order valence-corrected chi connectivity index (χ0v) is 14.1. The molecule has 114 valence electrons. The molecule has 0 aliphatic carbocycles. The summed E-state index contributed by atoms with van der Waals surface area (Å²) in [4.78, 5) is 13.7. The number of amides is 1. The maximum atomic E-state index is 12.0. The van der Waals surface area contributed by atoms with Crippen LogP contribution in [0.25, 0.3) is 11.1 Å². The Hall–Kier alpha value is -1.81. The molecule has 0 spiro atoms. The maximum absolute atomic E-state index is 12.0. The molecule has 22 heavy (non-hydrogen) atoms. The Morgan fingerprint density at radius 3 is 2.68 bits per heavy atom. The third-order valence-electron chi connectivity index (χ3n) is 3.97. The van der Waals surface area contributed by atoms with Gasteiger partial charge in [0.1, 0.15) is 0 Å². The van der Waals surface area contributed by atoms with Crippen molar-refractivity contribution in [1.82, 2.24) is 4.90 Å². The maximum Gasteiger partial charge on any atom is 0.410 e. The molecule has 0 atom stereocenters. The van der Waals surface area contributed by atoms with Gasteiger partial charge in [-0.25, -0.2) is 4.79 Å². The standard InChI is InChI=1S/C18H18BrNO2/c1-2-22-18(21)20-11-10-15-14(13-6-4-3-5-7-13)8-9-17(19)16(15)12-20/h3-9H,2,10-12H2,1H3. The SMILES string of the molecule is CCOC(=O)N1CCc2c(-c3ccccc3)ccc(Br)c2C1. The van der Waals surface area contributed by atoms with Crippen molar-refractivity contribution in [2.24, 2.45) is 0 Å². The summed E-state index contributed by atoms with van der Waals surface area (Å²) in [6.07, 6.45) is 0.614. The lowest BCUT2D eigenvalue weighted by atomic mass is 9.91. The number of nitrogens with zero attached hydrogens (tertiary/aromatic N) is 1. The predicted octanol–water partition coefficient (Wildman–Crippen LogP) is 4.63. The summed E-state index contributed by atoms with van der Waals surface area (Å²) in [6, 6.07) is 14.6. The molecule has 3 rings (SSSR count). The smallest absolute Gasteiger partial charge is 0.410 e. The van der Waals surface area contributed by atoms with Crippen molar-refractivity contribution < 1.29 is 9.53 Å². The van der Waals surface area contributed by atoms with E-state index in [9.17, 15) is 4.79 Å². The van der Waals surface area contributed by atoms with Gasteiger partial charge < -0.3 is 9.64 Å². The van der Waals surface area contributed by atoms with Crippen LogP contribution in [0.3, 0.4) is 0 Å². The molecule has 0 saturated carbocycles. The van der Waals surface area contributed by atoms with Gasteiger partial charge in [0.2, 0.25) is 0 Å². The second-order valence-corrected chi connectivity index (χ2v) is 6.14. The molecular formula is C18H18BrNO2. The van der Waals surface area contributed by atoms with Crippen LogP contribution in [0.1, 0.15) is 18.1 Å². The Morgan fingerprint density at radius 1 is 1.18 bits per heavy atom. The Balaban J connectivity index is 1.97. The van der Waals surface area contributed by atoms with Gasteiger partial charge in [-0.05, 0) is 41.7 Å². The van der Waals surface area contributed by atoms with Crippen LogP contribution >= 0.6 is 15.9 Å². The minimum Gasteiger partial charge on any atom is -0.450 e. The molecule has 0 unspecified atom stereocenters. The number of ether oxygens (including phenoxy) is 1. The fourth-order valence-corrected chi connectivity index (χ4v) is 3.39. The molecule has 1 aliphatic heterocycles. The van der Waals surface area contributed by atoms with Gasteiger partial charge in [0.15, 0.2) is 0 Å². The van der Waals surface area contributed by atoms with Crippen LogP contribution in [-0.2, 0) is 17.7 Å². The molecule has 0 N–H and O–H groups in total. The summed E-state index contributed by atoms with van der Waals surface area (Å²) in [5, 5.41) is 0. The molecule has 4 heteroatoms. The summed E-state index contributed by atoms with van der Waals surface area (Å²) < 4.78 is 6.17. The largest absolute Gasteiger partial charge is 0.450 e. The Kier molecular flexibility index (Phi) is 4.48. The monoisotopic (exact) mass is 359 g/mol. The summed E-state index contributed by atoms with van der Waals surface area (Å²) in [5.74, 6) is 0. The topological polar surface area (TPSA) is 29.5 Å². The van der Waals surface area contributed by atoms with E-state index in [-0.39, 0.29) is 6.09 Å². The lowest BCUT2D eigenvalue weighted by Crippen LogP contribution is -2.36. The van der Waals surface area contributed by atoms with Crippen molar-refractivity contribution >= 4 is 22.0 Å². The van der Waals surface area contributed by atoms with E-state index in [0.717, 1.165) is 10.9 Å². The van der Waals surface area contributed by atoms with E-state index in [1.807, 2.05) is 13.0 Å². The number of rotatable bonds is 2. The highest BCUT2D eigenvalue weighted by molar-refractivity contribution is 9.10. The molecule has 3 nitrogen and oxygen atoms in total. The first-order valence-electron chi connectivity index (χ1n) is 7.48. The number of benzene rings is 2. The van der Waals surface area contributed by atoms with E-state index in [2.05, 4.69) is 52.3 Å². The summed E-state index contributed by atoms with van der Waals surface area (Å²) in [6.45, 7) is 3.53. The Morgan fingerprint density at radius 2 is 1.95 bits per heavy atom. The van der Waals surface area contributed by atoms with Crippen molar-refractivity contribution in [3.63, 3.8) is 0 Å². The van der Waals surface area contributed by atoms with Crippen molar-refractivity contribution in [2.75, 3.05) is 13.2 Å². The summed E-state index contributed by atoms with van der Waals surface area (Å²) >= 11 is 3.63. The summed E-state index contributed by atoms with van der Waals surface area (Å²) in [7, 11) is 0. The number of carbonyl (C=O) groups is 1. The first kappa shape index (κ1) is 15.1. The van der Waals surface area contributed by atoms with Gasteiger partial charge >= 0.3 is 6.09 Å². The number of fused-ring (bicyclic) bond motifs is 1. The van der Waals surface area contributed by atoms with Crippen molar-refractivity contribution in [1.29, 1.82) is 0 Å².